The van der Waals surface area contributed by atoms with Crippen molar-refractivity contribution in [2.45, 2.75) is 50.6 Å². The molecule has 0 bridgehead atoms. The number of hydrogen-bond donors (Lipinski definition) is 2. The summed E-state index contributed by atoms with van der Waals surface area (Å²) in [6, 6.07) is 23.8. The van der Waals surface area contributed by atoms with Crippen molar-refractivity contribution in [3.05, 3.63) is 113 Å². The molecule has 2 aliphatic rings. The Bertz CT molecular complexity index is 1400. The lowest BCUT2D eigenvalue weighted by Crippen LogP contribution is -2.47. The van der Waals surface area contributed by atoms with E-state index in [4.69, 9.17) is 10.5 Å². The Morgan fingerprint density at radius 1 is 0.925 bits per heavy atom. The fraction of sp³-hybridized carbons (Fsp3) is 0.303. The number of para-hydroxylation sites is 1. The Labute approximate surface area is 235 Å². The minimum Gasteiger partial charge on any atom is -0.483 e. The summed E-state index contributed by atoms with van der Waals surface area (Å²) < 4.78 is 5.82. The molecule has 7 nitrogen and oxygen atoms in total. The van der Waals surface area contributed by atoms with Crippen molar-refractivity contribution in [3.8, 4) is 5.75 Å². The number of hydrogen-bond acceptors (Lipinski definition) is 4. The average Bonchev–Trinajstić information content (AvgIpc) is 2.99. The summed E-state index contributed by atoms with van der Waals surface area (Å²) in [5.74, 6) is -1.15. The van der Waals surface area contributed by atoms with E-state index in [1.54, 1.807) is 18.2 Å². The fourth-order valence-electron chi connectivity index (χ4n) is 5.76. The summed E-state index contributed by atoms with van der Waals surface area (Å²) >= 11 is 0. The topological polar surface area (TPSA) is 102 Å². The summed E-state index contributed by atoms with van der Waals surface area (Å²) in [6.07, 6.45) is 7.46. The molecule has 2 atom stereocenters. The molecule has 1 aliphatic carbocycles. The summed E-state index contributed by atoms with van der Waals surface area (Å²) in [5, 5.41) is 3.12. The van der Waals surface area contributed by atoms with Crippen LogP contribution in [0.2, 0.25) is 0 Å². The number of fused-ring (bicyclic) bond motifs is 1. The number of nitrogens with zero attached hydrogens (tertiary/aromatic N) is 1. The van der Waals surface area contributed by atoms with Crippen LogP contribution in [0.1, 0.15) is 71.1 Å². The van der Waals surface area contributed by atoms with Crippen molar-refractivity contribution >= 4 is 17.7 Å². The molecule has 3 amide bonds. The van der Waals surface area contributed by atoms with Gasteiger partial charge in [0, 0.05) is 24.2 Å². The highest BCUT2D eigenvalue weighted by Gasteiger charge is 2.45. The number of rotatable bonds is 10. The molecule has 0 saturated heterocycles. The van der Waals surface area contributed by atoms with E-state index in [-0.39, 0.29) is 18.4 Å². The largest absolute Gasteiger partial charge is 0.483 e. The molecule has 3 N–H and O–H groups in total. The van der Waals surface area contributed by atoms with Crippen molar-refractivity contribution in [3.63, 3.8) is 0 Å². The zero-order valence-electron chi connectivity index (χ0n) is 22.6. The highest BCUT2D eigenvalue weighted by molar-refractivity contribution is 6.01. The van der Waals surface area contributed by atoms with Crippen molar-refractivity contribution in [2.24, 2.45) is 5.73 Å². The van der Waals surface area contributed by atoms with E-state index in [0.29, 0.717) is 35.5 Å². The first-order chi connectivity index (χ1) is 19.5. The van der Waals surface area contributed by atoms with Gasteiger partial charge in [-0.1, -0.05) is 78.4 Å². The van der Waals surface area contributed by atoms with Crippen molar-refractivity contribution in [2.75, 3.05) is 13.2 Å². The van der Waals surface area contributed by atoms with E-state index in [2.05, 4.69) is 11.4 Å². The molecule has 40 heavy (non-hydrogen) atoms. The van der Waals surface area contributed by atoms with Gasteiger partial charge >= 0.3 is 0 Å². The molecule has 1 aliphatic heterocycles. The van der Waals surface area contributed by atoms with E-state index >= 15 is 0 Å². The number of carbonyl (C=O) groups excluding carboxylic acids is 3. The van der Waals surface area contributed by atoms with Crippen LogP contribution in [0, 0.1) is 0 Å². The molecule has 3 aromatic rings. The van der Waals surface area contributed by atoms with E-state index in [1.807, 2.05) is 65.6 Å². The third-order valence-electron chi connectivity index (χ3n) is 7.70. The van der Waals surface area contributed by atoms with Gasteiger partial charge in [0.15, 0.2) is 6.61 Å². The predicted octanol–water partition coefficient (Wildman–Crippen LogP) is 5.04. The number of allylic oxidation sites excluding steroid dienone is 1. The van der Waals surface area contributed by atoms with Crippen molar-refractivity contribution in [1.29, 1.82) is 0 Å². The minimum atomic E-state index is -0.684. The van der Waals surface area contributed by atoms with Crippen LogP contribution < -0.4 is 15.8 Å². The molecule has 3 aromatic carbocycles. The van der Waals surface area contributed by atoms with E-state index in [1.165, 1.54) is 12.0 Å². The number of ether oxygens (including phenoxy) is 1. The van der Waals surface area contributed by atoms with E-state index in [9.17, 15) is 14.4 Å². The fourth-order valence-corrected chi connectivity index (χ4v) is 5.76. The number of nitrogens with one attached hydrogen (secondary N) is 1. The van der Waals surface area contributed by atoms with Crippen LogP contribution in [0.5, 0.6) is 5.75 Å². The summed E-state index contributed by atoms with van der Waals surface area (Å²) in [7, 11) is 0. The first-order valence-corrected chi connectivity index (χ1v) is 13.9. The van der Waals surface area contributed by atoms with Gasteiger partial charge in [0.05, 0.1) is 12.0 Å². The van der Waals surface area contributed by atoms with Gasteiger partial charge in [-0.3, -0.25) is 14.4 Å². The number of primary amides is 1. The first kappa shape index (κ1) is 27.2. The lowest BCUT2D eigenvalue weighted by Gasteiger charge is -2.42. The summed E-state index contributed by atoms with van der Waals surface area (Å²) in [6.45, 7) is 0.536. The van der Waals surface area contributed by atoms with Crippen LogP contribution in [0.4, 0.5) is 0 Å². The molecule has 7 heteroatoms. The predicted molar refractivity (Wildman–Crippen MR) is 154 cm³/mol. The van der Waals surface area contributed by atoms with E-state index in [0.717, 1.165) is 31.2 Å². The molecule has 2 unspecified atom stereocenters. The normalized spacial score (nSPS) is 18.4. The van der Waals surface area contributed by atoms with Gasteiger partial charge in [0.25, 0.3) is 11.8 Å². The van der Waals surface area contributed by atoms with Crippen LogP contribution in [0.25, 0.3) is 0 Å². The Balaban J connectivity index is 1.57. The Morgan fingerprint density at radius 2 is 1.65 bits per heavy atom. The Hall–Kier alpha value is -4.39. The van der Waals surface area contributed by atoms with E-state index < -0.39 is 17.9 Å². The maximum absolute atomic E-state index is 14.1. The van der Waals surface area contributed by atoms with Crippen LogP contribution in [-0.4, -0.2) is 35.8 Å². The number of carbonyl (C=O) groups is 3. The third-order valence-corrected chi connectivity index (χ3v) is 7.70. The lowest BCUT2D eigenvalue weighted by molar-refractivity contribution is -0.124. The number of benzene rings is 3. The SMILES string of the molecule is NC(=O)COc1ccccc1C1C(C(=O)NCc2ccccc2)c2ccccc2C(=O)N1CCC1=CCCCC1. The second-order valence-electron chi connectivity index (χ2n) is 10.4. The molecule has 5 rings (SSSR count). The molecule has 0 aromatic heterocycles. The van der Waals surface area contributed by atoms with Gasteiger partial charge in [0.2, 0.25) is 5.91 Å². The second-order valence-corrected chi connectivity index (χ2v) is 10.4. The van der Waals surface area contributed by atoms with Gasteiger partial charge < -0.3 is 20.7 Å². The zero-order chi connectivity index (χ0) is 27.9. The number of amides is 3. The molecule has 206 valence electrons. The third kappa shape index (κ3) is 6.09. The monoisotopic (exact) mass is 537 g/mol. The molecular formula is C33H35N3O4. The zero-order valence-corrected chi connectivity index (χ0v) is 22.6. The maximum Gasteiger partial charge on any atom is 0.255 e. The second kappa shape index (κ2) is 12.6. The lowest BCUT2D eigenvalue weighted by atomic mass is 9.78. The first-order valence-electron chi connectivity index (χ1n) is 13.9. The van der Waals surface area contributed by atoms with Crippen LogP contribution in [0.3, 0.4) is 0 Å². The van der Waals surface area contributed by atoms with Crippen LogP contribution >= 0.6 is 0 Å². The number of nitrogens with two attached hydrogens (primary N) is 1. The molecule has 1 heterocycles. The maximum atomic E-state index is 14.1. The molecule has 0 radical (unpaired) electrons. The quantitative estimate of drug-likeness (QED) is 0.354. The van der Waals surface area contributed by atoms with Gasteiger partial charge in [-0.05, 0) is 55.4 Å². The molecule has 0 saturated carbocycles. The molecule has 0 spiro atoms. The van der Waals surface area contributed by atoms with Gasteiger partial charge in [-0.25, -0.2) is 0 Å². The molecular weight excluding hydrogens is 502 g/mol. The van der Waals surface area contributed by atoms with Crippen LogP contribution in [0.15, 0.2) is 90.5 Å². The van der Waals surface area contributed by atoms with Crippen molar-refractivity contribution in [1.82, 2.24) is 10.2 Å². The Kier molecular flexibility index (Phi) is 8.59. The van der Waals surface area contributed by atoms with Crippen LogP contribution in [-0.2, 0) is 16.1 Å². The van der Waals surface area contributed by atoms with Gasteiger partial charge in [-0.2, -0.15) is 0 Å². The summed E-state index contributed by atoms with van der Waals surface area (Å²) in [5.41, 5.74) is 9.60. The van der Waals surface area contributed by atoms with Gasteiger partial charge in [-0.15, -0.1) is 0 Å². The van der Waals surface area contributed by atoms with Gasteiger partial charge in [0.1, 0.15) is 5.75 Å². The van der Waals surface area contributed by atoms with Crippen molar-refractivity contribution < 1.29 is 19.1 Å². The standard InChI is InChI=1S/C33H35N3O4/c34-29(37)22-40-28-18-10-9-17-27(28)31-30(32(38)35-21-24-13-5-2-6-14-24)25-15-7-8-16-26(25)33(39)36(31)20-19-23-11-3-1-4-12-23/h2,5-11,13-18,30-31H,1,3-4,12,19-22H2,(H2,34,37)(H,35,38). The summed E-state index contributed by atoms with van der Waals surface area (Å²) in [4.78, 5) is 41.5. The average molecular weight is 538 g/mol. The molecule has 0 fully saturated rings. The highest BCUT2D eigenvalue weighted by atomic mass is 16.5. The highest BCUT2D eigenvalue weighted by Crippen LogP contribution is 2.46. The smallest absolute Gasteiger partial charge is 0.255 e. The Morgan fingerprint density at radius 3 is 2.40 bits per heavy atom. The minimum absolute atomic E-state index is 0.117.